The Morgan fingerprint density at radius 3 is 2.52 bits per heavy atom. The summed E-state index contributed by atoms with van der Waals surface area (Å²) in [4.78, 5) is 14.0. The normalized spacial score (nSPS) is 10.6. The van der Waals surface area contributed by atoms with Crippen LogP contribution in [0.2, 0.25) is 5.02 Å². The van der Waals surface area contributed by atoms with E-state index >= 15 is 0 Å². The van der Waals surface area contributed by atoms with Crippen LogP contribution in [0.25, 0.3) is 0 Å². The van der Waals surface area contributed by atoms with Crippen LogP contribution in [0.1, 0.15) is 34.0 Å². The van der Waals surface area contributed by atoms with Gasteiger partial charge in [0, 0.05) is 32.5 Å². The van der Waals surface area contributed by atoms with Crippen LogP contribution in [0.15, 0.2) is 65.6 Å². The third-order valence-electron chi connectivity index (χ3n) is 4.47. The van der Waals surface area contributed by atoms with Crippen molar-refractivity contribution in [3.63, 3.8) is 0 Å². The maximum absolute atomic E-state index is 12.8. The second-order valence-electron chi connectivity index (χ2n) is 6.77. The number of hydrogen-bond acceptors (Lipinski definition) is 3. The van der Waals surface area contributed by atoms with Crippen LogP contribution in [0.4, 0.5) is 5.69 Å². The van der Waals surface area contributed by atoms with Gasteiger partial charge in [-0.05, 0) is 80.4 Å². The van der Waals surface area contributed by atoms with E-state index in [-0.39, 0.29) is 5.91 Å². The first-order valence-electron chi connectivity index (χ1n) is 9.49. The fraction of sp³-hybridized carbons (Fsp3) is 0.208. The molecule has 0 heterocycles. The molecule has 0 saturated heterocycles. The van der Waals surface area contributed by atoms with Gasteiger partial charge in [0.25, 0.3) is 5.91 Å². The lowest BCUT2D eigenvalue weighted by molar-refractivity contribution is 0.102. The van der Waals surface area contributed by atoms with Crippen molar-refractivity contribution in [1.29, 1.82) is 0 Å². The number of carbonyl (C=O) groups excluding carboxylic acids is 1. The van der Waals surface area contributed by atoms with Gasteiger partial charge in [0.1, 0.15) is 5.75 Å². The second kappa shape index (κ2) is 9.86. The summed E-state index contributed by atoms with van der Waals surface area (Å²) in [5.74, 6) is 1.37. The summed E-state index contributed by atoms with van der Waals surface area (Å²) in [5, 5.41) is 3.74. The van der Waals surface area contributed by atoms with Crippen molar-refractivity contribution in [3.8, 4) is 5.75 Å². The van der Waals surface area contributed by atoms with Gasteiger partial charge in [-0.15, -0.1) is 11.8 Å². The summed E-state index contributed by atoms with van der Waals surface area (Å²) in [5.41, 5.74) is 4.58. The highest BCUT2D eigenvalue weighted by Crippen LogP contribution is 2.30. The zero-order valence-electron chi connectivity index (χ0n) is 16.8. The zero-order chi connectivity index (χ0) is 20.8. The molecule has 0 radical (unpaired) electrons. The number of ether oxygens (including phenoxy) is 1. The molecule has 0 spiro atoms. The maximum Gasteiger partial charge on any atom is 0.255 e. The van der Waals surface area contributed by atoms with Crippen LogP contribution < -0.4 is 10.1 Å². The quantitative estimate of drug-likeness (QED) is 0.418. The number of nitrogens with one attached hydrogen (secondary N) is 1. The molecule has 0 aliphatic heterocycles. The number of amides is 1. The molecular weight excluding hydrogens is 402 g/mol. The predicted octanol–water partition coefficient (Wildman–Crippen LogP) is 6.90. The number of hydrogen-bond donors (Lipinski definition) is 1. The van der Waals surface area contributed by atoms with Crippen LogP contribution in [0, 0.1) is 13.8 Å². The Bertz CT molecular complexity index is 1000. The molecule has 0 aromatic heterocycles. The van der Waals surface area contributed by atoms with Gasteiger partial charge in [-0.1, -0.05) is 23.7 Å². The number of benzene rings is 3. The highest BCUT2D eigenvalue weighted by atomic mass is 35.5. The molecule has 0 atom stereocenters. The van der Waals surface area contributed by atoms with E-state index in [9.17, 15) is 4.79 Å². The molecule has 1 N–H and O–H groups in total. The Labute approximate surface area is 181 Å². The average molecular weight is 426 g/mol. The van der Waals surface area contributed by atoms with Gasteiger partial charge in [0.2, 0.25) is 0 Å². The van der Waals surface area contributed by atoms with Gasteiger partial charge in [0.15, 0.2) is 0 Å². The molecule has 5 heteroatoms. The first kappa shape index (κ1) is 21.3. The third kappa shape index (κ3) is 5.78. The third-order valence-corrected chi connectivity index (χ3v) is 5.78. The molecule has 29 heavy (non-hydrogen) atoms. The molecule has 0 aliphatic rings. The number of anilines is 1. The van der Waals surface area contributed by atoms with Gasteiger partial charge < -0.3 is 10.1 Å². The van der Waals surface area contributed by atoms with E-state index in [1.54, 1.807) is 11.8 Å². The van der Waals surface area contributed by atoms with E-state index < -0.39 is 0 Å². The molecule has 1 amide bonds. The van der Waals surface area contributed by atoms with Crippen molar-refractivity contribution >= 4 is 35.0 Å². The Balaban J connectivity index is 1.80. The van der Waals surface area contributed by atoms with Crippen LogP contribution in [0.3, 0.4) is 0 Å². The SMILES string of the molecule is CCOc1ccc(C(=O)Nc2cc(C)ccc2C)cc1CSc1ccc(Cl)cc1. The summed E-state index contributed by atoms with van der Waals surface area (Å²) in [6.07, 6.45) is 0. The largest absolute Gasteiger partial charge is 0.494 e. The summed E-state index contributed by atoms with van der Waals surface area (Å²) < 4.78 is 5.77. The molecule has 3 aromatic carbocycles. The van der Waals surface area contributed by atoms with Crippen molar-refractivity contribution in [2.45, 2.75) is 31.4 Å². The second-order valence-corrected chi connectivity index (χ2v) is 8.26. The highest BCUT2D eigenvalue weighted by Gasteiger charge is 2.12. The Morgan fingerprint density at radius 1 is 1.03 bits per heavy atom. The van der Waals surface area contributed by atoms with Crippen LogP contribution >= 0.6 is 23.4 Å². The van der Waals surface area contributed by atoms with E-state index in [4.69, 9.17) is 16.3 Å². The van der Waals surface area contributed by atoms with Crippen molar-refractivity contribution in [2.24, 2.45) is 0 Å². The molecule has 0 saturated carbocycles. The lowest BCUT2D eigenvalue weighted by Crippen LogP contribution is -2.13. The molecule has 3 nitrogen and oxygen atoms in total. The lowest BCUT2D eigenvalue weighted by atomic mass is 10.1. The molecule has 0 bridgehead atoms. The van der Waals surface area contributed by atoms with Crippen LogP contribution in [0.5, 0.6) is 5.75 Å². The van der Waals surface area contributed by atoms with Crippen molar-refractivity contribution in [3.05, 3.63) is 87.9 Å². The molecule has 0 unspecified atom stereocenters. The minimum atomic E-state index is -0.125. The number of halogens is 1. The predicted molar refractivity (Wildman–Crippen MR) is 122 cm³/mol. The molecule has 0 aliphatic carbocycles. The van der Waals surface area contributed by atoms with Crippen molar-refractivity contribution in [2.75, 3.05) is 11.9 Å². The Hall–Kier alpha value is -2.43. The summed E-state index contributed by atoms with van der Waals surface area (Å²) >= 11 is 7.65. The topological polar surface area (TPSA) is 38.3 Å². The standard InChI is InChI=1S/C24H24ClNO2S/c1-4-28-23-12-7-18(24(27)26-22-13-16(2)5-6-17(22)3)14-19(23)15-29-21-10-8-20(25)9-11-21/h5-14H,4,15H2,1-3H3,(H,26,27). The van der Waals surface area contributed by atoms with Gasteiger partial charge in [-0.2, -0.15) is 0 Å². The molecule has 150 valence electrons. The number of aryl methyl sites for hydroxylation is 2. The lowest BCUT2D eigenvalue weighted by Gasteiger charge is -2.13. The smallest absolute Gasteiger partial charge is 0.255 e. The highest BCUT2D eigenvalue weighted by molar-refractivity contribution is 7.98. The van der Waals surface area contributed by atoms with Crippen LogP contribution in [-0.2, 0) is 5.75 Å². The van der Waals surface area contributed by atoms with Gasteiger partial charge in [-0.25, -0.2) is 0 Å². The number of carbonyl (C=O) groups is 1. The van der Waals surface area contributed by atoms with Gasteiger partial charge in [0.05, 0.1) is 6.61 Å². The molecule has 3 aromatic rings. The van der Waals surface area contributed by atoms with E-state index in [1.165, 1.54) is 0 Å². The molecule has 3 rings (SSSR count). The van der Waals surface area contributed by atoms with E-state index in [1.807, 2.05) is 81.4 Å². The Morgan fingerprint density at radius 2 is 1.79 bits per heavy atom. The van der Waals surface area contributed by atoms with Gasteiger partial charge in [-0.3, -0.25) is 4.79 Å². The fourth-order valence-corrected chi connectivity index (χ4v) is 3.89. The maximum atomic E-state index is 12.8. The van der Waals surface area contributed by atoms with E-state index in [0.717, 1.165) is 38.0 Å². The van der Waals surface area contributed by atoms with Crippen molar-refractivity contribution in [1.82, 2.24) is 0 Å². The average Bonchev–Trinajstić information content (AvgIpc) is 2.71. The fourth-order valence-electron chi connectivity index (χ4n) is 2.89. The number of rotatable bonds is 7. The van der Waals surface area contributed by atoms with Crippen molar-refractivity contribution < 1.29 is 9.53 Å². The first-order valence-corrected chi connectivity index (χ1v) is 10.9. The molecule has 0 fully saturated rings. The van der Waals surface area contributed by atoms with E-state index in [0.29, 0.717) is 17.9 Å². The van der Waals surface area contributed by atoms with E-state index in [2.05, 4.69) is 5.32 Å². The Kier molecular flexibility index (Phi) is 7.24. The van der Waals surface area contributed by atoms with Crippen LogP contribution in [-0.4, -0.2) is 12.5 Å². The summed E-state index contributed by atoms with van der Waals surface area (Å²) in [7, 11) is 0. The minimum absolute atomic E-state index is 0.125. The zero-order valence-corrected chi connectivity index (χ0v) is 18.4. The first-order chi connectivity index (χ1) is 14.0. The van der Waals surface area contributed by atoms with Gasteiger partial charge >= 0.3 is 0 Å². The number of thioether (sulfide) groups is 1. The summed E-state index contributed by atoms with van der Waals surface area (Å²) in [6, 6.07) is 19.4. The molecular formula is C24H24ClNO2S. The minimum Gasteiger partial charge on any atom is -0.494 e. The monoisotopic (exact) mass is 425 g/mol. The summed E-state index contributed by atoms with van der Waals surface area (Å²) in [6.45, 7) is 6.53.